The first kappa shape index (κ1) is 24.7. The number of nitrogens with two attached hydrogens (primary N) is 1. The molecule has 2 N–H and O–H groups in total. The minimum Gasteiger partial charge on any atom is -0.378 e. The SMILES string of the molecule is Cl.NCc1ccc(C(=O)CSc2nc(C(F)(F)F)nc3ccc(N4CCOCC4)cc23)s1. The number of anilines is 1. The number of carbonyl (C=O) groups is 1. The van der Waals surface area contributed by atoms with Crippen molar-refractivity contribution >= 4 is 57.9 Å². The van der Waals surface area contributed by atoms with Gasteiger partial charge >= 0.3 is 6.18 Å². The summed E-state index contributed by atoms with van der Waals surface area (Å²) < 4.78 is 45.4. The molecule has 3 aromatic rings. The van der Waals surface area contributed by atoms with Crippen molar-refractivity contribution in [1.29, 1.82) is 0 Å². The Morgan fingerprint density at radius 3 is 2.59 bits per heavy atom. The van der Waals surface area contributed by atoms with E-state index in [1.807, 2.05) is 0 Å². The van der Waals surface area contributed by atoms with Crippen LogP contribution in [0.4, 0.5) is 18.9 Å². The maximum absolute atomic E-state index is 13.3. The minimum absolute atomic E-state index is 0. The van der Waals surface area contributed by atoms with Crippen LogP contribution in [0, 0.1) is 0 Å². The van der Waals surface area contributed by atoms with E-state index in [2.05, 4.69) is 14.9 Å². The second-order valence-electron chi connectivity index (χ2n) is 6.83. The monoisotopic (exact) mass is 504 g/mol. The van der Waals surface area contributed by atoms with Crippen LogP contribution in [0.1, 0.15) is 20.4 Å². The number of hydrogen-bond acceptors (Lipinski definition) is 8. The first-order valence-electron chi connectivity index (χ1n) is 9.51. The van der Waals surface area contributed by atoms with Crippen molar-refractivity contribution in [3.63, 3.8) is 0 Å². The summed E-state index contributed by atoms with van der Waals surface area (Å²) in [5.74, 6) is -1.43. The van der Waals surface area contributed by atoms with Crippen molar-refractivity contribution in [3.8, 4) is 0 Å². The largest absolute Gasteiger partial charge is 0.451 e. The van der Waals surface area contributed by atoms with Crippen LogP contribution in [0.2, 0.25) is 0 Å². The summed E-state index contributed by atoms with van der Waals surface area (Å²) in [6.07, 6.45) is -4.68. The number of rotatable bonds is 6. The van der Waals surface area contributed by atoms with Gasteiger partial charge in [-0.1, -0.05) is 11.8 Å². The van der Waals surface area contributed by atoms with Gasteiger partial charge in [-0.15, -0.1) is 23.7 Å². The molecule has 3 heterocycles. The van der Waals surface area contributed by atoms with Gasteiger partial charge in [-0.05, 0) is 30.3 Å². The highest BCUT2D eigenvalue weighted by atomic mass is 35.5. The van der Waals surface area contributed by atoms with Crippen LogP contribution < -0.4 is 10.6 Å². The Kier molecular flexibility index (Phi) is 7.99. The van der Waals surface area contributed by atoms with Gasteiger partial charge in [0.05, 0.1) is 29.4 Å². The van der Waals surface area contributed by atoms with Crippen molar-refractivity contribution in [2.75, 3.05) is 37.0 Å². The van der Waals surface area contributed by atoms with Crippen molar-refractivity contribution in [2.24, 2.45) is 5.73 Å². The van der Waals surface area contributed by atoms with Crippen LogP contribution in [-0.2, 0) is 17.5 Å². The quantitative estimate of drug-likeness (QED) is 0.302. The molecule has 0 bridgehead atoms. The van der Waals surface area contributed by atoms with Crippen molar-refractivity contribution in [1.82, 2.24) is 9.97 Å². The summed E-state index contributed by atoms with van der Waals surface area (Å²) in [5.41, 5.74) is 6.63. The molecule has 0 saturated carbocycles. The van der Waals surface area contributed by atoms with Gasteiger partial charge in [-0.2, -0.15) is 13.2 Å². The number of ether oxygens (including phenoxy) is 1. The average Bonchev–Trinajstić information content (AvgIpc) is 3.26. The predicted octanol–water partition coefficient (Wildman–Crippen LogP) is 4.40. The van der Waals surface area contributed by atoms with Gasteiger partial charge in [0.2, 0.25) is 5.82 Å². The fourth-order valence-electron chi connectivity index (χ4n) is 3.19. The highest BCUT2D eigenvalue weighted by Crippen LogP contribution is 2.34. The van der Waals surface area contributed by atoms with Gasteiger partial charge in [0.1, 0.15) is 5.03 Å². The molecule has 1 saturated heterocycles. The summed E-state index contributed by atoms with van der Waals surface area (Å²) in [6, 6.07) is 8.56. The Hall–Kier alpha value is -1.92. The number of benzene rings is 1. The van der Waals surface area contributed by atoms with Gasteiger partial charge in [-0.3, -0.25) is 4.79 Å². The number of carbonyl (C=O) groups excluding carboxylic acids is 1. The molecule has 0 aliphatic carbocycles. The zero-order valence-electron chi connectivity index (χ0n) is 16.7. The topological polar surface area (TPSA) is 81.3 Å². The van der Waals surface area contributed by atoms with Crippen molar-refractivity contribution in [3.05, 3.63) is 45.9 Å². The molecule has 12 heteroatoms. The molecule has 172 valence electrons. The smallest absolute Gasteiger partial charge is 0.378 e. The molecule has 32 heavy (non-hydrogen) atoms. The van der Waals surface area contributed by atoms with Crippen LogP contribution in [0.15, 0.2) is 35.4 Å². The van der Waals surface area contributed by atoms with E-state index >= 15 is 0 Å². The lowest BCUT2D eigenvalue weighted by atomic mass is 10.2. The maximum atomic E-state index is 13.3. The molecular weight excluding hydrogens is 485 g/mol. The highest BCUT2D eigenvalue weighted by Gasteiger charge is 2.35. The summed E-state index contributed by atoms with van der Waals surface area (Å²) in [7, 11) is 0. The zero-order valence-corrected chi connectivity index (χ0v) is 19.2. The number of thioether (sulfide) groups is 1. The first-order valence-corrected chi connectivity index (χ1v) is 11.3. The molecule has 1 aliphatic heterocycles. The molecular formula is C20H20ClF3N4O2S2. The van der Waals surface area contributed by atoms with Crippen LogP contribution >= 0.6 is 35.5 Å². The van der Waals surface area contributed by atoms with Gasteiger partial charge in [0.25, 0.3) is 0 Å². The molecule has 2 aromatic heterocycles. The lowest BCUT2D eigenvalue weighted by Gasteiger charge is -2.29. The van der Waals surface area contributed by atoms with E-state index in [0.717, 1.165) is 22.3 Å². The van der Waals surface area contributed by atoms with Crippen molar-refractivity contribution < 1.29 is 22.7 Å². The number of nitrogens with zero attached hydrogens (tertiary/aromatic N) is 3. The number of ketones is 1. The van der Waals surface area contributed by atoms with E-state index in [4.69, 9.17) is 10.5 Å². The zero-order chi connectivity index (χ0) is 22.0. The normalized spacial score (nSPS) is 14.4. The number of hydrogen-bond donors (Lipinski definition) is 1. The van der Waals surface area contributed by atoms with Gasteiger partial charge < -0.3 is 15.4 Å². The van der Waals surface area contributed by atoms with Gasteiger partial charge in [0.15, 0.2) is 5.78 Å². The molecule has 6 nitrogen and oxygen atoms in total. The Morgan fingerprint density at radius 2 is 1.94 bits per heavy atom. The molecule has 0 radical (unpaired) electrons. The number of aromatic nitrogens is 2. The summed E-state index contributed by atoms with van der Waals surface area (Å²) in [5, 5.41) is 0.625. The van der Waals surface area contributed by atoms with E-state index in [-0.39, 0.29) is 34.5 Å². The number of fused-ring (bicyclic) bond motifs is 1. The Morgan fingerprint density at radius 1 is 1.19 bits per heavy atom. The van der Waals surface area contributed by atoms with E-state index in [1.54, 1.807) is 30.3 Å². The minimum atomic E-state index is -4.68. The van der Waals surface area contributed by atoms with Crippen LogP contribution in [0.5, 0.6) is 0 Å². The van der Waals surface area contributed by atoms with Gasteiger partial charge in [-0.25, -0.2) is 9.97 Å². The third kappa shape index (κ3) is 5.52. The van der Waals surface area contributed by atoms with Gasteiger partial charge in [0, 0.05) is 35.6 Å². The Balaban J connectivity index is 0.00000289. The summed E-state index contributed by atoms with van der Waals surface area (Å²) >= 11 is 2.28. The predicted molar refractivity (Wildman–Crippen MR) is 122 cm³/mol. The number of thiophene rings is 1. The van der Waals surface area contributed by atoms with E-state index in [0.29, 0.717) is 43.1 Å². The molecule has 1 aromatic carbocycles. The fourth-order valence-corrected chi connectivity index (χ4v) is 4.99. The number of Topliss-reactive ketones (excluding diaryl/α,β-unsaturated/α-hetero) is 1. The molecule has 1 fully saturated rings. The van der Waals surface area contributed by atoms with Crippen molar-refractivity contribution in [2.45, 2.75) is 17.7 Å². The number of morpholine rings is 1. The molecule has 0 amide bonds. The summed E-state index contributed by atoms with van der Waals surface area (Å²) in [6.45, 7) is 2.89. The number of alkyl halides is 3. The second-order valence-corrected chi connectivity index (χ2v) is 8.97. The lowest BCUT2D eigenvalue weighted by Crippen LogP contribution is -2.36. The molecule has 0 spiro atoms. The Labute approximate surface area is 196 Å². The molecule has 0 unspecified atom stereocenters. The highest BCUT2D eigenvalue weighted by molar-refractivity contribution is 8.00. The fraction of sp³-hybridized carbons (Fsp3) is 0.350. The summed E-state index contributed by atoms with van der Waals surface area (Å²) in [4.78, 5) is 23.5. The van der Waals surface area contributed by atoms with Crippen LogP contribution in [0.25, 0.3) is 10.9 Å². The van der Waals surface area contributed by atoms with E-state index < -0.39 is 12.0 Å². The van der Waals surface area contributed by atoms with Crippen LogP contribution in [0.3, 0.4) is 0 Å². The first-order chi connectivity index (χ1) is 14.8. The molecule has 4 rings (SSSR count). The molecule has 0 atom stereocenters. The Bertz CT molecular complexity index is 1100. The lowest BCUT2D eigenvalue weighted by molar-refractivity contribution is -0.145. The van der Waals surface area contributed by atoms with E-state index in [1.165, 1.54) is 11.3 Å². The third-order valence-electron chi connectivity index (χ3n) is 4.75. The average molecular weight is 505 g/mol. The standard InChI is InChI=1S/C20H19F3N4O2S2.ClH/c21-20(22,23)19-25-15-3-1-12(27-5-7-29-8-6-27)9-14(15)18(26-19)30-11-16(28)17-4-2-13(10-24)31-17;/h1-4,9H,5-8,10-11,24H2;1H. The van der Waals surface area contributed by atoms with E-state index in [9.17, 15) is 18.0 Å². The molecule has 1 aliphatic rings. The third-order valence-corrected chi connectivity index (χ3v) is 6.89. The van der Waals surface area contributed by atoms with Crippen LogP contribution in [-0.4, -0.2) is 47.8 Å². The second kappa shape index (κ2) is 10.3. The number of halogens is 4. The maximum Gasteiger partial charge on any atom is 0.451 e.